The molecule has 1 rings (SSSR count). The number of urea groups is 1. The number of likely N-dealkylation sites (N-methyl/N-ethyl adjacent to an activating group) is 1. The molecular weight excluding hydrogens is 188 g/mol. The smallest absolute Gasteiger partial charge is 0.322 e. The van der Waals surface area contributed by atoms with Gasteiger partial charge in [0, 0.05) is 13.6 Å². The first-order valence-corrected chi connectivity index (χ1v) is 4.78. The summed E-state index contributed by atoms with van der Waals surface area (Å²) >= 11 is 1.47. The van der Waals surface area contributed by atoms with E-state index >= 15 is 0 Å². The number of hydrogen-bond donors (Lipinski definition) is 2. The maximum atomic E-state index is 11.3. The highest BCUT2D eigenvalue weighted by molar-refractivity contribution is 7.14. The summed E-state index contributed by atoms with van der Waals surface area (Å²) in [6.07, 6.45) is 0. The van der Waals surface area contributed by atoms with E-state index in [1.165, 1.54) is 16.2 Å². The third-order valence-electron chi connectivity index (χ3n) is 1.53. The molecule has 0 fully saturated rings. The molecule has 5 heteroatoms. The summed E-state index contributed by atoms with van der Waals surface area (Å²) in [5.74, 6) is 0. The second-order valence-electron chi connectivity index (χ2n) is 2.55. The van der Waals surface area contributed by atoms with Crippen LogP contribution in [0.1, 0.15) is 0 Å². The molecule has 0 spiro atoms. The SMILES string of the molecule is CN(CCO)C(=O)Nc1cccs1. The second-order valence-corrected chi connectivity index (χ2v) is 3.50. The Balaban J connectivity index is 2.41. The fourth-order valence-electron chi connectivity index (χ4n) is 0.802. The van der Waals surface area contributed by atoms with Crippen LogP contribution >= 0.6 is 11.3 Å². The molecule has 1 aromatic heterocycles. The minimum atomic E-state index is -0.198. The Hall–Kier alpha value is -1.07. The average Bonchev–Trinajstić information content (AvgIpc) is 2.57. The Morgan fingerprint density at radius 1 is 1.77 bits per heavy atom. The van der Waals surface area contributed by atoms with E-state index in [0.29, 0.717) is 6.54 Å². The maximum absolute atomic E-state index is 11.3. The fourth-order valence-corrected chi connectivity index (χ4v) is 1.41. The van der Waals surface area contributed by atoms with Gasteiger partial charge in [-0.1, -0.05) is 0 Å². The van der Waals surface area contributed by atoms with Gasteiger partial charge in [0.15, 0.2) is 0 Å². The number of amides is 2. The van der Waals surface area contributed by atoms with Crippen molar-refractivity contribution >= 4 is 22.4 Å². The van der Waals surface area contributed by atoms with Crippen LogP contribution in [-0.2, 0) is 0 Å². The lowest BCUT2D eigenvalue weighted by atomic mass is 10.6. The zero-order chi connectivity index (χ0) is 9.68. The van der Waals surface area contributed by atoms with Crippen LogP contribution in [0.5, 0.6) is 0 Å². The number of nitrogens with one attached hydrogen (secondary N) is 1. The molecule has 2 N–H and O–H groups in total. The van der Waals surface area contributed by atoms with Gasteiger partial charge < -0.3 is 10.0 Å². The van der Waals surface area contributed by atoms with Crippen molar-refractivity contribution in [2.45, 2.75) is 0 Å². The van der Waals surface area contributed by atoms with Gasteiger partial charge in [-0.2, -0.15) is 0 Å². The molecule has 0 saturated carbocycles. The molecule has 0 radical (unpaired) electrons. The summed E-state index contributed by atoms with van der Waals surface area (Å²) in [4.78, 5) is 12.7. The van der Waals surface area contributed by atoms with Crippen LogP contribution in [0, 0.1) is 0 Å². The summed E-state index contributed by atoms with van der Waals surface area (Å²) in [5.41, 5.74) is 0. The summed E-state index contributed by atoms with van der Waals surface area (Å²) in [5, 5.41) is 14.0. The summed E-state index contributed by atoms with van der Waals surface area (Å²) < 4.78 is 0. The monoisotopic (exact) mass is 200 g/mol. The van der Waals surface area contributed by atoms with Crippen LogP contribution < -0.4 is 5.32 Å². The van der Waals surface area contributed by atoms with Gasteiger partial charge in [-0.15, -0.1) is 11.3 Å². The van der Waals surface area contributed by atoms with Gasteiger partial charge in [0.25, 0.3) is 0 Å². The molecule has 0 saturated heterocycles. The topological polar surface area (TPSA) is 52.6 Å². The number of carbonyl (C=O) groups is 1. The van der Waals surface area contributed by atoms with Crippen molar-refractivity contribution in [1.82, 2.24) is 4.90 Å². The average molecular weight is 200 g/mol. The van der Waals surface area contributed by atoms with Crippen molar-refractivity contribution in [2.24, 2.45) is 0 Å². The van der Waals surface area contributed by atoms with Crippen LogP contribution in [0.3, 0.4) is 0 Å². The molecule has 0 aliphatic rings. The lowest BCUT2D eigenvalue weighted by Gasteiger charge is -2.15. The molecule has 0 atom stereocenters. The third-order valence-corrected chi connectivity index (χ3v) is 2.32. The molecule has 2 amide bonds. The Morgan fingerprint density at radius 3 is 3.08 bits per heavy atom. The zero-order valence-electron chi connectivity index (χ0n) is 7.36. The number of aliphatic hydroxyl groups excluding tert-OH is 1. The largest absolute Gasteiger partial charge is 0.395 e. The lowest BCUT2D eigenvalue weighted by molar-refractivity contribution is 0.202. The molecule has 72 valence electrons. The number of thiophene rings is 1. The summed E-state index contributed by atoms with van der Waals surface area (Å²) in [7, 11) is 1.64. The van der Waals surface area contributed by atoms with Crippen LogP contribution in [0.2, 0.25) is 0 Å². The Morgan fingerprint density at radius 2 is 2.54 bits per heavy atom. The molecule has 0 bridgehead atoms. The Bertz CT molecular complexity index is 261. The first kappa shape index (κ1) is 10.0. The van der Waals surface area contributed by atoms with E-state index in [4.69, 9.17) is 5.11 Å². The Kier molecular flexibility index (Phi) is 3.72. The van der Waals surface area contributed by atoms with Crippen molar-refractivity contribution in [1.29, 1.82) is 0 Å². The number of hydrogen-bond acceptors (Lipinski definition) is 3. The van der Waals surface area contributed by atoms with E-state index in [1.807, 2.05) is 17.5 Å². The molecule has 1 aromatic rings. The normalized spacial score (nSPS) is 9.69. The van der Waals surface area contributed by atoms with Crippen LogP contribution in [-0.4, -0.2) is 36.2 Å². The van der Waals surface area contributed by atoms with Gasteiger partial charge in [-0.3, -0.25) is 5.32 Å². The van der Waals surface area contributed by atoms with E-state index in [1.54, 1.807) is 7.05 Å². The van der Waals surface area contributed by atoms with Crippen LogP contribution in [0.25, 0.3) is 0 Å². The maximum Gasteiger partial charge on any atom is 0.322 e. The van der Waals surface area contributed by atoms with Gasteiger partial charge in [0.1, 0.15) is 0 Å². The highest BCUT2D eigenvalue weighted by atomic mass is 32.1. The quantitative estimate of drug-likeness (QED) is 0.770. The molecule has 0 aromatic carbocycles. The first-order chi connectivity index (χ1) is 6.24. The minimum absolute atomic E-state index is 0.0195. The predicted molar refractivity (Wildman–Crippen MR) is 53.1 cm³/mol. The molecule has 1 heterocycles. The highest BCUT2D eigenvalue weighted by Crippen LogP contribution is 2.14. The molecular formula is C8H12N2O2S. The molecule has 0 aliphatic carbocycles. The Labute approximate surface area is 80.8 Å². The minimum Gasteiger partial charge on any atom is -0.395 e. The predicted octanol–water partition coefficient (Wildman–Crippen LogP) is 1.20. The van der Waals surface area contributed by atoms with Gasteiger partial charge in [0.05, 0.1) is 11.6 Å². The number of anilines is 1. The van der Waals surface area contributed by atoms with E-state index < -0.39 is 0 Å². The van der Waals surface area contributed by atoms with Gasteiger partial charge in [-0.25, -0.2) is 4.79 Å². The lowest BCUT2D eigenvalue weighted by Crippen LogP contribution is -2.33. The van der Waals surface area contributed by atoms with E-state index in [9.17, 15) is 4.79 Å². The number of rotatable bonds is 3. The van der Waals surface area contributed by atoms with Gasteiger partial charge >= 0.3 is 6.03 Å². The summed E-state index contributed by atoms with van der Waals surface area (Å²) in [6, 6.07) is 3.50. The van der Waals surface area contributed by atoms with Gasteiger partial charge in [-0.05, 0) is 17.5 Å². The first-order valence-electron chi connectivity index (χ1n) is 3.90. The second kappa shape index (κ2) is 4.84. The number of carbonyl (C=O) groups excluding carboxylic acids is 1. The van der Waals surface area contributed by atoms with Crippen molar-refractivity contribution in [3.05, 3.63) is 17.5 Å². The molecule has 0 unspecified atom stereocenters. The third kappa shape index (κ3) is 3.04. The van der Waals surface area contributed by atoms with Crippen molar-refractivity contribution in [2.75, 3.05) is 25.5 Å². The molecule has 13 heavy (non-hydrogen) atoms. The summed E-state index contributed by atoms with van der Waals surface area (Å²) in [6.45, 7) is 0.325. The van der Waals surface area contributed by atoms with Crippen LogP contribution in [0.15, 0.2) is 17.5 Å². The van der Waals surface area contributed by atoms with E-state index in [0.717, 1.165) is 5.00 Å². The van der Waals surface area contributed by atoms with Crippen molar-refractivity contribution in [3.63, 3.8) is 0 Å². The van der Waals surface area contributed by atoms with Crippen molar-refractivity contribution < 1.29 is 9.90 Å². The van der Waals surface area contributed by atoms with Crippen LogP contribution in [0.4, 0.5) is 9.80 Å². The number of nitrogens with zero attached hydrogens (tertiary/aromatic N) is 1. The number of aliphatic hydroxyl groups is 1. The fraction of sp³-hybridized carbons (Fsp3) is 0.375. The zero-order valence-corrected chi connectivity index (χ0v) is 8.17. The molecule has 4 nitrogen and oxygen atoms in total. The van der Waals surface area contributed by atoms with E-state index in [-0.39, 0.29) is 12.6 Å². The molecule has 0 aliphatic heterocycles. The van der Waals surface area contributed by atoms with Crippen molar-refractivity contribution in [3.8, 4) is 0 Å². The van der Waals surface area contributed by atoms with Gasteiger partial charge in [0.2, 0.25) is 0 Å². The highest BCUT2D eigenvalue weighted by Gasteiger charge is 2.07. The van der Waals surface area contributed by atoms with E-state index in [2.05, 4.69) is 5.32 Å². The standard InChI is InChI=1S/C8H12N2O2S/c1-10(4-5-11)8(12)9-7-3-2-6-13-7/h2-3,6,11H,4-5H2,1H3,(H,9,12).